The van der Waals surface area contributed by atoms with E-state index in [-0.39, 0.29) is 5.69 Å². The van der Waals surface area contributed by atoms with Crippen molar-refractivity contribution < 1.29 is 4.92 Å². The van der Waals surface area contributed by atoms with Crippen LogP contribution >= 0.6 is 0 Å². The van der Waals surface area contributed by atoms with Crippen molar-refractivity contribution in [2.75, 3.05) is 0 Å². The van der Waals surface area contributed by atoms with E-state index < -0.39 is 4.92 Å². The van der Waals surface area contributed by atoms with Gasteiger partial charge in [-0.25, -0.2) is 0 Å². The van der Waals surface area contributed by atoms with Crippen molar-refractivity contribution in [3.63, 3.8) is 0 Å². The van der Waals surface area contributed by atoms with Crippen molar-refractivity contribution in [1.29, 1.82) is 5.26 Å². The van der Waals surface area contributed by atoms with E-state index in [4.69, 9.17) is 5.26 Å². The maximum absolute atomic E-state index is 10.7. The van der Waals surface area contributed by atoms with Gasteiger partial charge in [0.15, 0.2) is 0 Å². The molecule has 0 radical (unpaired) electrons. The number of hydrogen-bond acceptors (Lipinski definition) is 3. The zero-order chi connectivity index (χ0) is 14.0. The third-order valence-corrected chi connectivity index (χ3v) is 3.08. The molecule has 4 nitrogen and oxygen atoms in total. The van der Waals surface area contributed by atoms with E-state index in [2.05, 4.69) is 6.07 Å². The molecule has 0 aromatic heterocycles. The van der Waals surface area contributed by atoms with Crippen molar-refractivity contribution in [3.05, 3.63) is 63.2 Å². The molecule has 0 aliphatic carbocycles. The monoisotopic (exact) mass is 252 g/mol. The van der Waals surface area contributed by atoms with Crippen LogP contribution in [-0.4, -0.2) is 4.92 Å². The summed E-state index contributed by atoms with van der Waals surface area (Å²) in [6.07, 6.45) is 0. The Morgan fingerprint density at radius 2 is 1.79 bits per heavy atom. The second kappa shape index (κ2) is 4.91. The number of benzene rings is 2. The van der Waals surface area contributed by atoms with Crippen LogP contribution in [0, 0.1) is 35.3 Å². The molecule has 0 atom stereocenters. The maximum Gasteiger partial charge on any atom is 0.269 e. The van der Waals surface area contributed by atoms with Crippen LogP contribution in [0.25, 0.3) is 11.1 Å². The lowest BCUT2D eigenvalue weighted by Gasteiger charge is -2.09. The van der Waals surface area contributed by atoms with Gasteiger partial charge in [-0.3, -0.25) is 10.1 Å². The Bertz CT molecular complexity index is 700. The average Bonchev–Trinajstić information content (AvgIpc) is 2.39. The van der Waals surface area contributed by atoms with Crippen molar-refractivity contribution >= 4 is 5.69 Å². The van der Waals surface area contributed by atoms with Gasteiger partial charge in [0, 0.05) is 12.1 Å². The standard InChI is InChI=1S/C15H12N2O2/c1-10-3-4-12(9-16)8-15(10)14-6-5-13(17(18)19)7-11(14)2/h3-8H,1-2H3. The molecular weight excluding hydrogens is 240 g/mol. The van der Waals surface area contributed by atoms with Gasteiger partial charge in [0.2, 0.25) is 0 Å². The SMILES string of the molecule is Cc1cc([N+](=O)[O-])ccc1-c1cc(C#N)ccc1C. The summed E-state index contributed by atoms with van der Waals surface area (Å²) in [5.41, 5.74) is 4.38. The highest BCUT2D eigenvalue weighted by Crippen LogP contribution is 2.29. The molecule has 0 unspecified atom stereocenters. The summed E-state index contributed by atoms with van der Waals surface area (Å²) < 4.78 is 0. The molecular formula is C15H12N2O2. The van der Waals surface area contributed by atoms with E-state index in [0.717, 1.165) is 22.3 Å². The summed E-state index contributed by atoms with van der Waals surface area (Å²) in [6, 6.07) is 12.3. The Hall–Kier alpha value is -2.67. The topological polar surface area (TPSA) is 66.9 Å². The van der Waals surface area contributed by atoms with E-state index in [1.807, 2.05) is 26.0 Å². The number of rotatable bonds is 2. The first-order valence-corrected chi connectivity index (χ1v) is 5.79. The minimum Gasteiger partial charge on any atom is -0.258 e. The smallest absolute Gasteiger partial charge is 0.258 e. The first kappa shape index (κ1) is 12.8. The Labute approximate surface area is 111 Å². The highest BCUT2D eigenvalue weighted by Gasteiger charge is 2.11. The molecule has 0 N–H and O–H groups in total. The van der Waals surface area contributed by atoms with Crippen LogP contribution in [0.3, 0.4) is 0 Å². The number of hydrogen-bond donors (Lipinski definition) is 0. The van der Waals surface area contributed by atoms with Gasteiger partial charge < -0.3 is 0 Å². The lowest BCUT2D eigenvalue weighted by atomic mass is 9.95. The Kier molecular flexibility index (Phi) is 3.30. The summed E-state index contributed by atoms with van der Waals surface area (Å²) >= 11 is 0. The molecule has 0 amide bonds. The molecule has 0 bridgehead atoms. The third-order valence-electron chi connectivity index (χ3n) is 3.08. The normalized spacial score (nSPS) is 9.95. The van der Waals surface area contributed by atoms with Gasteiger partial charge in [-0.15, -0.1) is 0 Å². The molecule has 0 saturated heterocycles. The van der Waals surface area contributed by atoms with Crippen molar-refractivity contribution in [2.24, 2.45) is 0 Å². The molecule has 2 aromatic rings. The Morgan fingerprint density at radius 1 is 1.05 bits per heavy atom. The molecule has 0 heterocycles. The van der Waals surface area contributed by atoms with Gasteiger partial charge in [0.05, 0.1) is 16.6 Å². The quantitative estimate of drug-likeness (QED) is 0.603. The van der Waals surface area contributed by atoms with Crippen molar-refractivity contribution in [1.82, 2.24) is 0 Å². The first-order chi connectivity index (χ1) is 9.02. The van der Waals surface area contributed by atoms with Crippen LogP contribution in [0.4, 0.5) is 5.69 Å². The van der Waals surface area contributed by atoms with Crippen LogP contribution in [0.2, 0.25) is 0 Å². The predicted octanol–water partition coefficient (Wildman–Crippen LogP) is 3.75. The average molecular weight is 252 g/mol. The first-order valence-electron chi connectivity index (χ1n) is 5.79. The van der Waals surface area contributed by atoms with E-state index in [1.54, 1.807) is 18.2 Å². The molecule has 2 aromatic carbocycles. The maximum atomic E-state index is 10.7. The number of nitriles is 1. The molecule has 0 aliphatic rings. The highest BCUT2D eigenvalue weighted by atomic mass is 16.6. The zero-order valence-electron chi connectivity index (χ0n) is 10.7. The van der Waals surface area contributed by atoms with Crippen molar-refractivity contribution in [3.8, 4) is 17.2 Å². The van der Waals surface area contributed by atoms with Crippen LogP contribution in [-0.2, 0) is 0 Å². The third kappa shape index (κ3) is 2.45. The molecule has 2 rings (SSSR count). The Balaban J connectivity index is 2.60. The predicted molar refractivity (Wildman–Crippen MR) is 72.7 cm³/mol. The van der Waals surface area contributed by atoms with Crippen LogP contribution < -0.4 is 0 Å². The van der Waals surface area contributed by atoms with Crippen LogP contribution in [0.5, 0.6) is 0 Å². The second-order valence-electron chi connectivity index (χ2n) is 4.40. The molecule has 19 heavy (non-hydrogen) atoms. The summed E-state index contributed by atoms with van der Waals surface area (Å²) in [4.78, 5) is 10.3. The fourth-order valence-electron chi connectivity index (χ4n) is 2.05. The van der Waals surface area contributed by atoms with Gasteiger partial charge in [0.25, 0.3) is 5.69 Å². The fourth-order valence-corrected chi connectivity index (χ4v) is 2.05. The van der Waals surface area contributed by atoms with Gasteiger partial charge in [-0.1, -0.05) is 6.07 Å². The lowest BCUT2D eigenvalue weighted by molar-refractivity contribution is -0.384. The molecule has 94 valence electrons. The summed E-state index contributed by atoms with van der Waals surface area (Å²) in [5.74, 6) is 0. The lowest BCUT2D eigenvalue weighted by Crippen LogP contribution is -1.92. The summed E-state index contributed by atoms with van der Waals surface area (Å²) in [7, 11) is 0. The zero-order valence-corrected chi connectivity index (χ0v) is 10.7. The van der Waals surface area contributed by atoms with Crippen LogP contribution in [0.15, 0.2) is 36.4 Å². The fraction of sp³-hybridized carbons (Fsp3) is 0.133. The van der Waals surface area contributed by atoms with Crippen LogP contribution in [0.1, 0.15) is 16.7 Å². The molecule has 4 heteroatoms. The minimum absolute atomic E-state index is 0.0790. The second-order valence-corrected chi connectivity index (χ2v) is 4.40. The number of nitro benzene ring substituents is 1. The van der Waals surface area contributed by atoms with Crippen molar-refractivity contribution in [2.45, 2.75) is 13.8 Å². The largest absolute Gasteiger partial charge is 0.269 e. The van der Waals surface area contributed by atoms with Gasteiger partial charge >= 0.3 is 0 Å². The van der Waals surface area contributed by atoms with E-state index >= 15 is 0 Å². The molecule has 0 fully saturated rings. The number of non-ortho nitro benzene ring substituents is 1. The molecule has 0 aliphatic heterocycles. The van der Waals surface area contributed by atoms with Gasteiger partial charge in [-0.2, -0.15) is 5.26 Å². The summed E-state index contributed by atoms with van der Waals surface area (Å²) in [6.45, 7) is 3.79. The van der Waals surface area contributed by atoms with E-state index in [9.17, 15) is 10.1 Å². The molecule has 0 spiro atoms. The summed E-state index contributed by atoms with van der Waals surface area (Å²) in [5, 5.41) is 19.7. The van der Waals surface area contributed by atoms with Gasteiger partial charge in [-0.05, 0) is 54.3 Å². The van der Waals surface area contributed by atoms with Gasteiger partial charge in [0.1, 0.15) is 0 Å². The number of nitro groups is 1. The Morgan fingerprint density at radius 3 is 2.37 bits per heavy atom. The van der Waals surface area contributed by atoms with E-state index in [0.29, 0.717) is 5.56 Å². The molecule has 0 saturated carbocycles. The number of nitrogens with zero attached hydrogens (tertiary/aromatic N) is 2. The number of aryl methyl sites for hydroxylation is 2. The highest BCUT2D eigenvalue weighted by molar-refractivity contribution is 5.73. The minimum atomic E-state index is -0.407. The van der Waals surface area contributed by atoms with E-state index in [1.165, 1.54) is 6.07 Å².